The Morgan fingerprint density at radius 3 is 0.702 bits per heavy atom. The van der Waals surface area contributed by atoms with Gasteiger partial charge in [0, 0.05) is 25.7 Å². The minimum atomic E-state index is -4.94. The van der Waals surface area contributed by atoms with E-state index in [2.05, 4.69) is 27.7 Å². The summed E-state index contributed by atoms with van der Waals surface area (Å²) in [5, 5.41) is 10.5. The number of hydrogen-bond donors (Lipinski definition) is 3. The summed E-state index contributed by atoms with van der Waals surface area (Å²) in [6.07, 6.45) is 45.8. The van der Waals surface area contributed by atoms with Crippen molar-refractivity contribution >= 4 is 39.5 Å². The van der Waals surface area contributed by atoms with Crippen LogP contribution in [0, 0.1) is 0 Å². The van der Waals surface area contributed by atoms with Crippen molar-refractivity contribution in [3.63, 3.8) is 0 Å². The smallest absolute Gasteiger partial charge is 0.462 e. The molecule has 498 valence electrons. The molecule has 3 N–H and O–H groups in total. The first-order valence-electron chi connectivity index (χ1n) is 34.3. The SMILES string of the molecule is CCCCCCCCCCCCCCCCCC(=O)O[C@H](COC(=O)CCCCCCCCCCCCCCC)COP(=O)(O)OC[C@@H](O)COP(=O)(O)OC[C@@H](COC(=O)CCCCCCCCC)OC(=O)CCCCCCCCCCC. The summed E-state index contributed by atoms with van der Waals surface area (Å²) in [5.41, 5.74) is 0. The third-order valence-electron chi connectivity index (χ3n) is 15.1. The van der Waals surface area contributed by atoms with E-state index in [9.17, 15) is 43.2 Å². The molecule has 2 unspecified atom stereocenters. The number of carbonyl (C=O) groups excluding carboxylic acids is 4. The molecule has 84 heavy (non-hydrogen) atoms. The molecule has 0 spiro atoms. The Kier molecular flexibility index (Phi) is 58.6. The third kappa shape index (κ3) is 59.0. The molecule has 0 aliphatic heterocycles. The van der Waals surface area contributed by atoms with Gasteiger partial charge < -0.3 is 33.8 Å². The average Bonchev–Trinajstić information content (AvgIpc) is 3.58. The summed E-state index contributed by atoms with van der Waals surface area (Å²) in [5.74, 6) is -2.13. The second-order valence-corrected chi connectivity index (χ2v) is 26.4. The highest BCUT2D eigenvalue weighted by atomic mass is 31.2. The minimum Gasteiger partial charge on any atom is -0.462 e. The standard InChI is InChI=1S/C65H126O17P2/c1-5-9-13-17-21-24-26-28-29-31-33-36-40-44-48-52-65(70)82-61(56-76-63(68)50-46-42-38-35-32-30-27-25-22-18-14-10-6-2)58-80-84(73,74)78-54-59(66)53-77-83(71,72)79-57-60(55-75-62(67)49-45-41-37-20-16-12-8-4)81-64(69)51-47-43-39-34-23-19-15-11-7-3/h59-61,66H,5-58H2,1-4H3,(H,71,72)(H,73,74)/t59-,60+,61+/m0/s1. The van der Waals surface area contributed by atoms with Crippen molar-refractivity contribution in [2.24, 2.45) is 0 Å². The van der Waals surface area contributed by atoms with Crippen molar-refractivity contribution < 1.29 is 80.2 Å². The Labute approximate surface area is 511 Å². The van der Waals surface area contributed by atoms with Gasteiger partial charge in [-0.15, -0.1) is 0 Å². The molecule has 5 atom stereocenters. The average molecular weight is 1240 g/mol. The lowest BCUT2D eigenvalue weighted by molar-refractivity contribution is -0.161. The fourth-order valence-corrected chi connectivity index (χ4v) is 11.4. The van der Waals surface area contributed by atoms with Crippen LogP contribution in [0.1, 0.15) is 336 Å². The number of phosphoric acid groups is 2. The molecule has 0 saturated carbocycles. The van der Waals surface area contributed by atoms with Gasteiger partial charge in [-0.05, 0) is 25.7 Å². The molecule has 19 heteroatoms. The maximum absolute atomic E-state index is 13.0. The predicted octanol–water partition coefficient (Wildman–Crippen LogP) is 18.3. The summed E-state index contributed by atoms with van der Waals surface area (Å²) < 4.78 is 67.9. The maximum Gasteiger partial charge on any atom is 0.472 e. The van der Waals surface area contributed by atoms with Crippen molar-refractivity contribution in [1.29, 1.82) is 0 Å². The van der Waals surface area contributed by atoms with E-state index in [4.69, 9.17) is 37.0 Å². The van der Waals surface area contributed by atoms with Crippen LogP contribution in [0.4, 0.5) is 0 Å². The molecule has 0 aliphatic rings. The maximum atomic E-state index is 13.0. The molecule has 0 amide bonds. The lowest BCUT2D eigenvalue weighted by Gasteiger charge is -2.21. The number of carbonyl (C=O) groups is 4. The van der Waals surface area contributed by atoms with Crippen LogP contribution in [0.2, 0.25) is 0 Å². The van der Waals surface area contributed by atoms with Crippen LogP contribution >= 0.6 is 15.6 Å². The van der Waals surface area contributed by atoms with Gasteiger partial charge in [0.2, 0.25) is 0 Å². The lowest BCUT2D eigenvalue weighted by Crippen LogP contribution is -2.30. The van der Waals surface area contributed by atoms with E-state index in [1.165, 1.54) is 154 Å². The highest BCUT2D eigenvalue weighted by molar-refractivity contribution is 7.47. The van der Waals surface area contributed by atoms with Gasteiger partial charge in [0.05, 0.1) is 26.4 Å². The van der Waals surface area contributed by atoms with Crippen LogP contribution in [0.25, 0.3) is 0 Å². The molecule has 0 bridgehead atoms. The number of phosphoric ester groups is 2. The Morgan fingerprint density at radius 2 is 0.476 bits per heavy atom. The quantitative estimate of drug-likeness (QED) is 0.0222. The first kappa shape index (κ1) is 82.1. The summed E-state index contributed by atoms with van der Waals surface area (Å²) >= 11 is 0. The molecule has 0 radical (unpaired) electrons. The van der Waals surface area contributed by atoms with Crippen molar-refractivity contribution in [2.75, 3.05) is 39.6 Å². The Morgan fingerprint density at radius 1 is 0.286 bits per heavy atom. The van der Waals surface area contributed by atoms with E-state index in [1.807, 2.05) is 0 Å². The summed E-state index contributed by atoms with van der Waals surface area (Å²) in [6.45, 7) is 4.86. The number of aliphatic hydroxyl groups excluding tert-OH is 1. The second kappa shape index (κ2) is 60.0. The number of hydrogen-bond acceptors (Lipinski definition) is 15. The zero-order chi connectivity index (χ0) is 61.9. The monoisotopic (exact) mass is 1240 g/mol. The van der Waals surface area contributed by atoms with Gasteiger partial charge >= 0.3 is 39.5 Å². The first-order valence-corrected chi connectivity index (χ1v) is 37.3. The van der Waals surface area contributed by atoms with Crippen LogP contribution in [0.15, 0.2) is 0 Å². The van der Waals surface area contributed by atoms with Crippen LogP contribution in [-0.4, -0.2) is 96.7 Å². The zero-order valence-corrected chi connectivity index (χ0v) is 55.7. The van der Waals surface area contributed by atoms with E-state index in [0.717, 1.165) is 103 Å². The van der Waals surface area contributed by atoms with Crippen LogP contribution in [0.3, 0.4) is 0 Å². The minimum absolute atomic E-state index is 0.106. The van der Waals surface area contributed by atoms with Crippen molar-refractivity contribution in [3.8, 4) is 0 Å². The fourth-order valence-electron chi connectivity index (χ4n) is 9.81. The molecular weight excluding hydrogens is 1110 g/mol. The van der Waals surface area contributed by atoms with Gasteiger partial charge in [0.1, 0.15) is 19.3 Å². The van der Waals surface area contributed by atoms with E-state index in [1.54, 1.807) is 0 Å². The molecule has 0 rings (SSSR count). The fraction of sp³-hybridized carbons (Fsp3) is 0.938. The van der Waals surface area contributed by atoms with Gasteiger partial charge in [-0.2, -0.15) is 0 Å². The van der Waals surface area contributed by atoms with Crippen molar-refractivity contribution in [1.82, 2.24) is 0 Å². The van der Waals surface area contributed by atoms with Crippen LogP contribution in [-0.2, 0) is 65.4 Å². The number of rotatable bonds is 66. The topological polar surface area (TPSA) is 237 Å². The molecule has 0 fully saturated rings. The molecule has 17 nitrogen and oxygen atoms in total. The molecule has 0 aromatic carbocycles. The predicted molar refractivity (Wildman–Crippen MR) is 335 cm³/mol. The normalized spacial score (nSPS) is 14.1. The van der Waals surface area contributed by atoms with E-state index < -0.39 is 97.5 Å². The highest BCUT2D eigenvalue weighted by Gasteiger charge is 2.30. The van der Waals surface area contributed by atoms with E-state index >= 15 is 0 Å². The molecule has 0 saturated heterocycles. The second-order valence-electron chi connectivity index (χ2n) is 23.5. The van der Waals surface area contributed by atoms with Gasteiger partial charge in [0.25, 0.3) is 0 Å². The number of aliphatic hydroxyl groups is 1. The van der Waals surface area contributed by atoms with Crippen LogP contribution in [0.5, 0.6) is 0 Å². The number of esters is 4. The van der Waals surface area contributed by atoms with Gasteiger partial charge in [-0.1, -0.05) is 285 Å². The van der Waals surface area contributed by atoms with Gasteiger partial charge in [0.15, 0.2) is 12.2 Å². The summed E-state index contributed by atoms with van der Waals surface area (Å²) in [4.78, 5) is 72.1. The third-order valence-corrected chi connectivity index (χ3v) is 17.0. The summed E-state index contributed by atoms with van der Waals surface area (Å²) in [7, 11) is -9.88. The number of ether oxygens (including phenoxy) is 4. The molecule has 0 aromatic rings. The molecule has 0 aromatic heterocycles. The molecule has 0 aliphatic carbocycles. The van der Waals surface area contributed by atoms with E-state index in [-0.39, 0.29) is 25.7 Å². The Bertz CT molecular complexity index is 1620. The van der Waals surface area contributed by atoms with Gasteiger partial charge in [-0.3, -0.25) is 37.3 Å². The Hall–Kier alpha value is -1.94. The Balaban J connectivity index is 5.19. The molecule has 0 heterocycles. The molecular formula is C65H126O17P2. The lowest BCUT2D eigenvalue weighted by atomic mass is 10.0. The van der Waals surface area contributed by atoms with Crippen molar-refractivity contribution in [3.05, 3.63) is 0 Å². The van der Waals surface area contributed by atoms with Crippen molar-refractivity contribution in [2.45, 2.75) is 354 Å². The van der Waals surface area contributed by atoms with E-state index in [0.29, 0.717) is 25.7 Å². The zero-order valence-electron chi connectivity index (χ0n) is 53.9. The number of unbranched alkanes of at least 4 members (excludes halogenated alkanes) is 40. The summed E-state index contributed by atoms with van der Waals surface area (Å²) in [6, 6.07) is 0. The highest BCUT2D eigenvalue weighted by Crippen LogP contribution is 2.45. The first-order chi connectivity index (χ1) is 40.7. The van der Waals surface area contributed by atoms with Crippen LogP contribution < -0.4 is 0 Å². The van der Waals surface area contributed by atoms with Gasteiger partial charge in [-0.25, -0.2) is 9.13 Å². The largest absolute Gasteiger partial charge is 0.472 e.